The summed E-state index contributed by atoms with van der Waals surface area (Å²) in [5, 5.41) is 9.00. The monoisotopic (exact) mass is 210 g/mol. The molecule has 3 atom stereocenters. The van der Waals surface area contributed by atoms with Gasteiger partial charge >= 0.3 is 11.9 Å². The van der Waals surface area contributed by atoms with Crippen molar-refractivity contribution in [2.75, 3.05) is 13.2 Å². The Morgan fingerprint density at radius 2 is 2.40 bits per heavy atom. The first-order chi connectivity index (χ1) is 7.15. The first-order valence-corrected chi connectivity index (χ1v) is 4.59. The Hall–Kier alpha value is -1.37. The van der Waals surface area contributed by atoms with Gasteiger partial charge in [0.15, 0.2) is 0 Å². The summed E-state index contributed by atoms with van der Waals surface area (Å²) in [7, 11) is 1.17. The number of carboxylic acids is 1. The lowest BCUT2D eigenvalue weighted by atomic mass is 9.90. The molecule has 1 N–H and O–H groups in total. The number of nitrogens with zero attached hydrogens (tertiary/aromatic N) is 1. The summed E-state index contributed by atoms with van der Waals surface area (Å²) in [6.07, 6.45) is 0.530. The van der Waals surface area contributed by atoms with Crippen molar-refractivity contribution in [3.8, 4) is 0 Å². The van der Waals surface area contributed by atoms with Crippen molar-refractivity contribution in [2.45, 2.75) is 6.04 Å². The van der Waals surface area contributed by atoms with Crippen LogP contribution in [0.2, 0.25) is 0 Å². The van der Waals surface area contributed by atoms with E-state index in [1.54, 1.807) is 0 Å². The fourth-order valence-corrected chi connectivity index (χ4v) is 2.24. The van der Waals surface area contributed by atoms with Crippen LogP contribution in [-0.2, 0) is 19.1 Å². The SMILES string of the molecule is O=C[B]N1C[C@@H]2C(=O)OC[C@@H]2[C@H]1C(=O)O. The maximum Gasteiger partial charge on any atom is 0.320 e. The molecule has 2 aliphatic rings. The predicted molar refractivity (Wildman–Crippen MR) is 48.6 cm³/mol. The van der Waals surface area contributed by atoms with Crippen LogP contribution in [0, 0.1) is 11.8 Å². The highest BCUT2D eigenvalue weighted by Gasteiger charge is 2.52. The Bertz CT molecular complexity index is 320. The van der Waals surface area contributed by atoms with E-state index in [2.05, 4.69) is 0 Å². The molecule has 2 aliphatic heterocycles. The van der Waals surface area contributed by atoms with Crippen molar-refractivity contribution in [3.05, 3.63) is 0 Å². The summed E-state index contributed by atoms with van der Waals surface area (Å²) in [4.78, 5) is 33.9. The molecule has 79 valence electrons. The number of hydrogen-bond acceptors (Lipinski definition) is 5. The third-order valence-electron chi connectivity index (χ3n) is 2.91. The standard InChI is InChI=1S/C8H9BNO5/c11-3-9-10-1-4-5(2-15-8(4)14)6(10)7(12)13/h3-6H,1-2H2,(H,12,13)/t4-,5-,6-/m0/s1. The summed E-state index contributed by atoms with van der Waals surface area (Å²) < 4.78 is 4.80. The first kappa shape index (κ1) is 10.2. The molecule has 15 heavy (non-hydrogen) atoms. The van der Waals surface area contributed by atoms with Crippen LogP contribution in [0.5, 0.6) is 0 Å². The van der Waals surface area contributed by atoms with Gasteiger partial charge in [-0.25, -0.2) is 0 Å². The quantitative estimate of drug-likeness (QED) is 0.341. The molecule has 2 rings (SSSR count). The van der Waals surface area contributed by atoms with Gasteiger partial charge in [0.25, 0.3) is 7.41 Å². The number of ether oxygens (including phenoxy) is 1. The van der Waals surface area contributed by atoms with Crippen molar-refractivity contribution in [3.63, 3.8) is 0 Å². The summed E-state index contributed by atoms with van der Waals surface area (Å²) in [5.74, 6) is -2.15. The summed E-state index contributed by atoms with van der Waals surface area (Å²) >= 11 is 0. The second-order valence-electron chi connectivity index (χ2n) is 3.67. The largest absolute Gasteiger partial charge is 0.480 e. The van der Waals surface area contributed by atoms with E-state index in [1.807, 2.05) is 0 Å². The van der Waals surface area contributed by atoms with Gasteiger partial charge in [-0.15, -0.1) is 0 Å². The van der Waals surface area contributed by atoms with Gasteiger partial charge in [0.2, 0.25) is 0 Å². The minimum atomic E-state index is -1.03. The van der Waals surface area contributed by atoms with Gasteiger partial charge in [-0.2, -0.15) is 0 Å². The second kappa shape index (κ2) is 3.65. The molecule has 0 amide bonds. The maximum absolute atomic E-state index is 11.2. The minimum absolute atomic E-state index is 0.129. The molecule has 7 heteroatoms. The Labute approximate surface area is 86.4 Å². The highest BCUT2D eigenvalue weighted by atomic mass is 16.5. The van der Waals surface area contributed by atoms with Gasteiger partial charge in [0, 0.05) is 12.5 Å². The Kier molecular flexibility index (Phi) is 2.48. The van der Waals surface area contributed by atoms with Gasteiger partial charge in [-0.1, -0.05) is 0 Å². The molecule has 0 unspecified atom stereocenters. The van der Waals surface area contributed by atoms with Crippen molar-refractivity contribution in [1.82, 2.24) is 4.81 Å². The van der Waals surface area contributed by atoms with E-state index in [0.717, 1.165) is 0 Å². The normalized spacial score (nSPS) is 34.7. The lowest BCUT2D eigenvalue weighted by molar-refractivity contribution is -0.144. The number of hydrogen-bond donors (Lipinski definition) is 1. The topological polar surface area (TPSA) is 83.9 Å². The first-order valence-electron chi connectivity index (χ1n) is 4.59. The number of cyclic esters (lactones) is 1. The van der Waals surface area contributed by atoms with Crippen molar-refractivity contribution in [2.24, 2.45) is 11.8 Å². The lowest BCUT2D eigenvalue weighted by Crippen LogP contribution is -2.43. The van der Waals surface area contributed by atoms with Gasteiger partial charge in [-0.3, -0.25) is 9.59 Å². The average molecular weight is 210 g/mol. The van der Waals surface area contributed by atoms with Crippen LogP contribution in [0.4, 0.5) is 0 Å². The van der Waals surface area contributed by atoms with E-state index >= 15 is 0 Å². The zero-order valence-electron chi connectivity index (χ0n) is 7.83. The predicted octanol–water partition coefficient (Wildman–Crippen LogP) is -1.65. The van der Waals surface area contributed by atoms with Gasteiger partial charge in [0.05, 0.1) is 18.7 Å². The molecule has 0 aliphatic carbocycles. The zero-order valence-corrected chi connectivity index (χ0v) is 7.83. The average Bonchev–Trinajstić information content (AvgIpc) is 2.67. The molecule has 0 aromatic rings. The van der Waals surface area contributed by atoms with Crippen LogP contribution in [0.3, 0.4) is 0 Å². The van der Waals surface area contributed by atoms with Crippen LogP contribution < -0.4 is 0 Å². The molecule has 0 bridgehead atoms. The van der Waals surface area contributed by atoms with E-state index < -0.39 is 17.9 Å². The number of carbonyl (C=O) groups is 3. The Morgan fingerprint density at radius 1 is 1.67 bits per heavy atom. The van der Waals surface area contributed by atoms with Gasteiger partial charge in [-0.05, 0) is 0 Å². The Balaban J connectivity index is 2.20. The molecule has 0 aromatic carbocycles. The minimum Gasteiger partial charge on any atom is -0.480 e. The van der Waals surface area contributed by atoms with Crippen LogP contribution in [0.1, 0.15) is 0 Å². The number of carboxylic acid groups (broad SMARTS) is 1. The molecule has 2 saturated heterocycles. The van der Waals surface area contributed by atoms with Crippen LogP contribution in [-0.4, -0.2) is 54.6 Å². The molecule has 0 spiro atoms. The second-order valence-corrected chi connectivity index (χ2v) is 3.67. The van der Waals surface area contributed by atoms with Gasteiger partial charge in [0.1, 0.15) is 6.04 Å². The highest BCUT2D eigenvalue weighted by molar-refractivity contribution is 6.64. The summed E-state index contributed by atoms with van der Waals surface area (Å²) in [5.41, 5.74) is 0. The van der Waals surface area contributed by atoms with Crippen molar-refractivity contribution >= 4 is 25.5 Å². The maximum atomic E-state index is 11.2. The third kappa shape index (κ3) is 1.52. The van der Waals surface area contributed by atoms with E-state index in [4.69, 9.17) is 9.84 Å². The Morgan fingerprint density at radius 3 is 3.00 bits per heavy atom. The molecular weight excluding hydrogens is 201 g/mol. The van der Waals surface area contributed by atoms with Crippen molar-refractivity contribution < 1.29 is 24.2 Å². The molecule has 6 nitrogen and oxygen atoms in total. The van der Waals surface area contributed by atoms with E-state index in [1.165, 1.54) is 12.2 Å². The molecule has 0 saturated carbocycles. The van der Waals surface area contributed by atoms with Gasteiger partial charge < -0.3 is 19.4 Å². The number of rotatable bonds is 3. The zero-order chi connectivity index (χ0) is 11.0. The molecule has 1 radical (unpaired) electrons. The molecule has 2 heterocycles. The number of esters is 1. The highest BCUT2D eigenvalue weighted by Crippen LogP contribution is 2.35. The smallest absolute Gasteiger partial charge is 0.320 e. The van der Waals surface area contributed by atoms with Crippen LogP contribution in [0.25, 0.3) is 0 Å². The molecular formula is C8H9BNO5. The number of fused-ring (bicyclic) bond motifs is 1. The fourth-order valence-electron chi connectivity index (χ4n) is 2.24. The van der Waals surface area contributed by atoms with Crippen LogP contribution in [0.15, 0.2) is 0 Å². The third-order valence-corrected chi connectivity index (χ3v) is 2.91. The number of aliphatic carboxylic acids is 1. The van der Waals surface area contributed by atoms with E-state index in [0.29, 0.717) is 6.19 Å². The summed E-state index contributed by atoms with van der Waals surface area (Å²) in [6.45, 7) is 0.378. The molecule has 0 aromatic heterocycles. The van der Waals surface area contributed by atoms with E-state index in [9.17, 15) is 14.4 Å². The molecule has 2 fully saturated rings. The lowest BCUT2D eigenvalue weighted by Gasteiger charge is -2.20. The summed E-state index contributed by atoms with van der Waals surface area (Å²) in [6, 6.07) is -0.827. The van der Waals surface area contributed by atoms with Crippen LogP contribution >= 0.6 is 0 Å². The van der Waals surface area contributed by atoms with Crippen molar-refractivity contribution in [1.29, 1.82) is 0 Å². The van der Waals surface area contributed by atoms with E-state index in [-0.39, 0.29) is 25.0 Å². The fraction of sp³-hybridized carbons (Fsp3) is 0.625. The number of carbonyl (C=O) groups excluding carboxylic acids is 2.